The molecule has 2 aromatic rings. The molecule has 1 unspecified atom stereocenters. The number of ether oxygens (including phenoxy) is 2. The number of aromatic nitrogens is 2. The molecule has 110 valence electrons. The molecule has 0 amide bonds. The van der Waals surface area contributed by atoms with Gasteiger partial charge in [0, 0.05) is 30.7 Å². The number of methoxy groups -OCH3 is 2. The fourth-order valence-corrected chi connectivity index (χ4v) is 2.81. The van der Waals surface area contributed by atoms with Crippen molar-refractivity contribution in [2.24, 2.45) is 0 Å². The van der Waals surface area contributed by atoms with Crippen molar-refractivity contribution in [3.05, 3.63) is 58.4 Å². The van der Waals surface area contributed by atoms with E-state index in [-0.39, 0.29) is 5.92 Å². The zero-order valence-corrected chi connectivity index (χ0v) is 12.5. The Bertz CT molecular complexity index is 664. The van der Waals surface area contributed by atoms with E-state index in [0.717, 1.165) is 27.7 Å². The maximum Gasteiger partial charge on any atom is 0.198 e. The second kappa shape index (κ2) is 5.89. The number of aromatic amines is 1. The number of hydrogen-bond donors (Lipinski definition) is 2. The molecule has 1 aliphatic rings. The zero-order chi connectivity index (χ0) is 14.8. The highest BCUT2D eigenvalue weighted by Crippen LogP contribution is 2.38. The van der Waals surface area contributed by atoms with Crippen LogP contribution in [0.15, 0.2) is 42.2 Å². The van der Waals surface area contributed by atoms with E-state index in [1.54, 1.807) is 20.4 Å². The topological polar surface area (TPSA) is 59.2 Å². The molecule has 1 aromatic heterocycles. The minimum Gasteiger partial charge on any atom is -0.351 e. The molecule has 2 N–H and O–H groups in total. The molecule has 1 atom stereocenters. The van der Waals surface area contributed by atoms with Gasteiger partial charge in [-0.2, -0.15) is 5.10 Å². The smallest absolute Gasteiger partial charge is 0.198 e. The fraction of sp³-hybridized carbons (Fsp3) is 0.267. The number of allylic oxidation sites excluding steroid dienone is 1. The van der Waals surface area contributed by atoms with Gasteiger partial charge < -0.3 is 14.8 Å². The minimum absolute atomic E-state index is 0.00324. The van der Waals surface area contributed by atoms with Crippen molar-refractivity contribution in [2.75, 3.05) is 19.5 Å². The molecular weight excluding hydrogens is 290 g/mol. The van der Waals surface area contributed by atoms with Crippen LogP contribution in [0, 0.1) is 0 Å². The summed E-state index contributed by atoms with van der Waals surface area (Å²) in [6, 6.07) is 7.79. The number of benzene rings is 1. The first-order chi connectivity index (χ1) is 10.2. The Morgan fingerprint density at radius 3 is 2.67 bits per heavy atom. The van der Waals surface area contributed by atoms with Crippen molar-refractivity contribution in [1.29, 1.82) is 0 Å². The Hall–Kier alpha value is -1.82. The Labute approximate surface area is 127 Å². The Morgan fingerprint density at radius 1 is 1.19 bits per heavy atom. The SMILES string of the molecule is COC(OC)C1=CC(c2ccccc2Cl)c2cn[nH]c2N1. The van der Waals surface area contributed by atoms with E-state index in [0.29, 0.717) is 0 Å². The molecule has 0 saturated carbocycles. The third-order valence-electron chi connectivity index (χ3n) is 3.54. The zero-order valence-electron chi connectivity index (χ0n) is 11.8. The summed E-state index contributed by atoms with van der Waals surface area (Å²) >= 11 is 6.34. The monoisotopic (exact) mass is 305 g/mol. The first-order valence-corrected chi connectivity index (χ1v) is 6.94. The van der Waals surface area contributed by atoms with Gasteiger partial charge in [-0.05, 0) is 17.7 Å². The summed E-state index contributed by atoms with van der Waals surface area (Å²) in [5.74, 6) is 0.827. The Kier molecular flexibility index (Phi) is 3.96. The van der Waals surface area contributed by atoms with Gasteiger partial charge in [-0.1, -0.05) is 29.8 Å². The highest BCUT2D eigenvalue weighted by Gasteiger charge is 2.27. The van der Waals surface area contributed by atoms with Crippen molar-refractivity contribution >= 4 is 17.4 Å². The normalized spacial score (nSPS) is 17.3. The Balaban J connectivity index is 2.07. The minimum atomic E-state index is -0.466. The fourth-order valence-electron chi connectivity index (χ4n) is 2.56. The van der Waals surface area contributed by atoms with Gasteiger partial charge in [0.15, 0.2) is 6.29 Å². The number of fused-ring (bicyclic) bond motifs is 1. The van der Waals surface area contributed by atoms with Crippen LogP contribution in [0.4, 0.5) is 5.82 Å². The molecule has 3 rings (SSSR count). The van der Waals surface area contributed by atoms with Crippen molar-refractivity contribution < 1.29 is 9.47 Å². The lowest BCUT2D eigenvalue weighted by Gasteiger charge is -2.27. The van der Waals surface area contributed by atoms with Gasteiger partial charge in [-0.25, -0.2) is 0 Å². The molecule has 21 heavy (non-hydrogen) atoms. The second-order valence-electron chi connectivity index (χ2n) is 4.75. The van der Waals surface area contributed by atoms with E-state index >= 15 is 0 Å². The summed E-state index contributed by atoms with van der Waals surface area (Å²) in [7, 11) is 3.20. The maximum atomic E-state index is 6.34. The van der Waals surface area contributed by atoms with E-state index in [2.05, 4.69) is 21.6 Å². The molecule has 0 radical (unpaired) electrons. The van der Waals surface area contributed by atoms with E-state index < -0.39 is 6.29 Å². The average Bonchev–Trinajstić information content (AvgIpc) is 2.97. The van der Waals surface area contributed by atoms with Crippen LogP contribution in [0.25, 0.3) is 0 Å². The highest BCUT2D eigenvalue weighted by atomic mass is 35.5. The molecule has 1 aliphatic heterocycles. The van der Waals surface area contributed by atoms with Crippen LogP contribution in [-0.4, -0.2) is 30.7 Å². The molecular formula is C15H16ClN3O2. The number of nitrogens with one attached hydrogen (secondary N) is 2. The van der Waals surface area contributed by atoms with Gasteiger partial charge in [0.25, 0.3) is 0 Å². The van der Waals surface area contributed by atoms with Crippen LogP contribution in [0.1, 0.15) is 17.0 Å². The van der Waals surface area contributed by atoms with Crippen LogP contribution in [0.2, 0.25) is 5.02 Å². The van der Waals surface area contributed by atoms with Crippen LogP contribution in [0.5, 0.6) is 0 Å². The molecule has 0 saturated heterocycles. The number of nitrogens with zero attached hydrogens (tertiary/aromatic N) is 1. The van der Waals surface area contributed by atoms with Crippen molar-refractivity contribution in [3.63, 3.8) is 0 Å². The molecule has 6 heteroatoms. The molecule has 0 spiro atoms. The van der Waals surface area contributed by atoms with Crippen LogP contribution < -0.4 is 5.32 Å². The predicted molar refractivity (Wildman–Crippen MR) is 81.4 cm³/mol. The summed E-state index contributed by atoms with van der Waals surface area (Å²) in [5, 5.41) is 11.0. The molecule has 0 bridgehead atoms. The average molecular weight is 306 g/mol. The van der Waals surface area contributed by atoms with Crippen molar-refractivity contribution in [1.82, 2.24) is 10.2 Å². The maximum absolute atomic E-state index is 6.34. The van der Waals surface area contributed by atoms with E-state index in [1.165, 1.54) is 0 Å². The third-order valence-corrected chi connectivity index (χ3v) is 3.89. The van der Waals surface area contributed by atoms with Gasteiger partial charge in [-0.15, -0.1) is 0 Å². The molecule has 2 heterocycles. The van der Waals surface area contributed by atoms with Gasteiger partial charge in [0.2, 0.25) is 0 Å². The van der Waals surface area contributed by atoms with Gasteiger partial charge in [0.05, 0.1) is 11.9 Å². The Morgan fingerprint density at radius 2 is 1.95 bits per heavy atom. The van der Waals surface area contributed by atoms with Gasteiger partial charge in [-0.3, -0.25) is 5.10 Å². The largest absolute Gasteiger partial charge is 0.351 e. The number of anilines is 1. The lowest BCUT2D eigenvalue weighted by molar-refractivity contribution is -0.0743. The first kappa shape index (κ1) is 14.1. The van der Waals surface area contributed by atoms with Gasteiger partial charge >= 0.3 is 0 Å². The molecule has 0 fully saturated rings. The van der Waals surface area contributed by atoms with E-state index in [4.69, 9.17) is 21.1 Å². The summed E-state index contributed by atoms with van der Waals surface area (Å²) in [6.07, 6.45) is 3.39. The third kappa shape index (κ3) is 2.55. The summed E-state index contributed by atoms with van der Waals surface area (Å²) < 4.78 is 10.6. The standard InChI is InChI=1S/C15H16ClN3O2/c1-20-15(21-2)13-7-10(9-5-3-4-6-12(9)16)11-8-17-19-14(11)18-13/h3-8,10,15H,1-2H3,(H2,17,18,19). The predicted octanol–water partition coefficient (Wildman–Crippen LogP) is 3.12. The summed E-state index contributed by atoms with van der Waals surface area (Å²) in [4.78, 5) is 0. The molecule has 5 nitrogen and oxygen atoms in total. The second-order valence-corrected chi connectivity index (χ2v) is 5.16. The van der Waals surface area contributed by atoms with Crippen LogP contribution >= 0.6 is 11.6 Å². The first-order valence-electron chi connectivity index (χ1n) is 6.56. The molecule has 0 aliphatic carbocycles. The summed E-state index contributed by atoms with van der Waals surface area (Å²) in [5.41, 5.74) is 2.88. The highest BCUT2D eigenvalue weighted by molar-refractivity contribution is 6.31. The van der Waals surface area contributed by atoms with Crippen molar-refractivity contribution in [2.45, 2.75) is 12.2 Å². The van der Waals surface area contributed by atoms with E-state index in [1.807, 2.05) is 24.3 Å². The quantitative estimate of drug-likeness (QED) is 0.852. The lowest BCUT2D eigenvalue weighted by Crippen LogP contribution is -2.25. The summed E-state index contributed by atoms with van der Waals surface area (Å²) in [6.45, 7) is 0. The number of hydrogen-bond acceptors (Lipinski definition) is 4. The van der Waals surface area contributed by atoms with Crippen LogP contribution in [0.3, 0.4) is 0 Å². The number of H-pyrrole nitrogens is 1. The van der Waals surface area contributed by atoms with E-state index in [9.17, 15) is 0 Å². The lowest BCUT2D eigenvalue weighted by atomic mass is 9.89. The van der Waals surface area contributed by atoms with Gasteiger partial charge in [0.1, 0.15) is 5.82 Å². The molecule has 1 aromatic carbocycles. The number of halogens is 1. The number of rotatable bonds is 4. The van der Waals surface area contributed by atoms with Crippen molar-refractivity contribution in [3.8, 4) is 0 Å². The van der Waals surface area contributed by atoms with Crippen LogP contribution in [-0.2, 0) is 9.47 Å².